The van der Waals surface area contributed by atoms with Crippen LogP contribution >= 0.6 is 0 Å². The van der Waals surface area contributed by atoms with Gasteiger partial charge in [-0.15, -0.1) is 0 Å². The number of nitrogens with zero attached hydrogens (tertiary/aromatic N) is 1. The average Bonchev–Trinajstić information content (AvgIpc) is 2.48. The van der Waals surface area contributed by atoms with Crippen LogP contribution in [-0.2, 0) is 12.8 Å². The largest absolute Gasteiger partial charge is 0.340 e. The Morgan fingerprint density at radius 3 is 2.67 bits per heavy atom. The monoisotopic (exact) mass is 282 g/mol. The van der Waals surface area contributed by atoms with E-state index in [0.717, 1.165) is 30.5 Å². The van der Waals surface area contributed by atoms with Crippen LogP contribution in [0.5, 0.6) is 0 Å². The number of hydrogen-bond acceptors (Lipinski definition) is 3. The zero-order chi connectivity index (χ0) is 15.2. The Kier molecular flexibility index (Phi) is 5.09. The van der Waals surface area contributed by atoms with E-state index in [1.165, 1.54) is 5.56 Å². The second-order valence-corrected chi connectivity index (χ2v) is 5.19. The highest BCUT2D eigenvalue weighted by Gasteiger charge is 2.09. The summed E-state index contributed by atoms with van der Waals surface area (Å²) in [7, 11) is 0. The predicted molar refractivity (Wildman–Crippen MR) is 87.3 cm³/mol. The molecule has 0 aliphatic carbocycles. The molecular weight excluding hydrogens is 260 g/mol. The summed E-state index contributed by atoms with van der Waals surface area (Å²) < 4.78 is 0. The Hall–Kier alpha value is -2.16. The van der Waals surface area contributed by atoms with Crippen LogP contribution in [-0.4, -0.2) is 10.8 Å². The third-order valence-electron chi connectivity index (χ3n) is 3.43. The summed E-state index contributed by atoms with van der Waals surface area (Å²) in [4.78, 5) is 16.1. The summed E-state index contributed by atoms with van der Waals surface area (Å²) in [5.41, 5.74) is 3.87. The molecule has 2 aromatic rings. The third kappa shape index (κ3) is 3.91. The standard InChI is InChI=1S/C18H22N2O/c1-4-7-14-8-6-9-16(12-14)19-17-11-10-15(5-2)18(20-17)13(3)21/h6,8-12H,4-5,7H2,1-3H3,(H,19,20). The summed E-state index contributed by atoms with van der Waals surface area (Å²) in [5, 5.41) is 3.29. The zero-order valence-electron chi connectivity index (χ0n) is 12.9. The molecule has 21 heavy (non-hydrogen) atoms. The molecule has 1 aromatic carbocycles. The van der Waals surface area contributed by atoms with E-state index >= 15 is 0 Å². The summed E-state index contributed by atoms with van der Waals surface area (Å²) in [6.45, 7) is 5.77. The molecule has 0 atom stereocenters. The molecule has 110 valence electrons. The molecule has 0 aliphatic rings. The molecule has 0 bridgehead atoms. The number of carbonyl (C=O) groups is 1. The first-order valence-electron chi connectivity index (χ1n) is 7.50. The van der Waals surface area contributed by atoms with Crippen LogP contribution in [0.4, 0.5) is 11.5 Å². The molecule has 3 nitrogen and oxygen atoms in total. The fraction of sp³-hybridized carbons (Fsp3) is 0.333. The lowest BCUT2D eigenvalue weighted by atomic mass is 10.1. The van der Waals surface area contributed by atoms with E-state index < -0.39 is 0 Å². The van der Waals surface area contributed by atoms with Gasteiger partial charge in [0.15, 0.2) is 5.78 Å². The van der Waals surface area contributed by atoms with Gasteiger partial charge in [0.25, 0.3) is 0 Å². The topological polar surface area (TPSA) is 42.0 Å². The number of nitrogens with one attached hydrogen (secondary N) is 1. The lowest BCUT2D eigenvalue weighted by Crippen LogP contribution is -2.05. The van der Waals surface area contributed by atoms with Crippen LogP contribution < -0.4 is 5.32 Å². The molecular formula is C18H22N2O. The lowest BCUT2D eigenvalue weighted by molar-refractivity contribution is 0.101. The number of pyridine rings is 1. The first kappa shape index (κ1) is 15.2. The molecule has 0 fully saturated rings. The maximum Gasteiger partial charge on any atom is 0.178 e. The van der Waals surface area contributed by atoms with Gasteiger partial charge in [0, 0.05) is 12.6 Å². The van der Waals surface area contributed by atoms with Gasteiger partial charge in [-0.05, 0) is 42.2 Å². The van der Waals surface area contributed by atoms with Gasteiger partial charge in [-0.2, -0.15) is 0 Å². The summed E-state index contributed by atoms with van der Waals surface area (Å²) in [6, 6.07) is 12.2. The maximum atomic E-state index is 11.7. The van der Waals surface area contributed by atoms with E-state index in [1.807, 2.05) is 31.2 Å². The molecule has 0 aliphatic heterocycles. The number of benzene rings is 1. The molecule has 0 radical (unpaired) electrons. The number of anilines is 2. The number of carbonyl (C=O) groups excluding carboxylic acids is 1. The fourth-order valence-electron chi connectivity index (χ4n) is 2.39. The van der Waals surface area contributed by atoms with Crippen molar-refractivity contribution in [3.63, 3.8) is 0 Å². The normalized spacial score (nSPS) is 10.4. The molecule has 0 spiro atoms. The Morgan fingerprint density at radius 2 is 2.00 bits per heavy atom. The van der Waals surface area contributed by atoms with Gasteiger partial charge in [-0.1, -0.05) is 38.5 Å². The number of hydrogen-bond donors (Lipinski definition) is 1. The highest BCUT2D eigenvalue weighted by atomic mass is 16.1. The molecule has 0 saturated heterocycles. The van der Waals surface area contributed by atoms with E-state index in [-0.39, 0.29) is 5.78 Å². The van der Waals surface area contributed by atoms with E-state index in [2.05, 4.69) is 29.4 Å². The van der Waals surface area contributed by atoms with Gasteiger partial charge in [-0.25, -0.2) is 4.98 Å². The van der Waals surface area contributed by atoms with Gasteiger partial charge >= 0.3 is 0 Å². The van der Waals surface area contributed by atoms with Crippen LogP contribution in [0.25, 0.3) is 0 Å². The van der Waals surface area contributed by atoms with Crippen molar-refractivity contribution in [2.45, 2.75) is 40.0 Å². The summed E-state index contributed by atoms with van der Waals surface area (Å²) in [5.74, 6) is 0.723. The molecule has 3 heteroatoms. The minimum atomic E-state index is 0.00948. The molecule has 0 unspecified atom stereocenters. The SMILES string of the molecule is CCCc1cccc(Nc2ccc(CC)c(C(C)=O)n2)c1. The summed E-state index contributed by atoms with van der Waals surface area (Å²) >= 11 is 0. The Balaban J connectivity index is 2.25. The first-order valence-corrected chi connectivity index (χ1v) is 7.50. The van der Waals surface area contributed by atoms with E-state index in [0.29, 0.717) is 11.5 Å². The van der Waals surface area contributed by atoms with Crippen LogP contribution in [0, 0.1) is 0 Å². The lowest BCUT2D eigenvalue weighted by Gasteiger charge is -2.10. The zero-order valence-corrected chi connectivity index (χ0v) is 12.9. The third-order valence-corrected chi connectivity index (χ3v) is 3.43. The number of rotatable bonds is 6. The van der Waals surface area contributed by atoms with Crippen molar-refractivity contribution in [3.8, 4) is 0 Å². The van der Waals surface area contributed by atoms with Gasteiger partial charge in [0.05, 0.1) is 0 Å². The second-order valence-electron chi connectivity index (χ2n) is 5.19. The first-order chi connectivity index (χ1) is 10.1. The molecule has 1 heterocycles. The van der Waals surface area contributed by atoms with Crippen molar-refractivity contribution in [2.75, 3.05) is 5.32 Å². The van der Waals surface area contributed by atoms with E-state index in [1.54, 1.807) is 6.92 Å². The molecule has 0 saturated carbocycles. The number of aryl methyl sites for hydroxylation is 2. The summed E-state index contributed by atoms with van der Waals surface area (Å²) in [6.07, 6.45) is 3.01. The maximum absolute atomic E-state index is 11.7. The minimum absolute atomic E-state index is 0.00948. The van der Waals surface area contributed by atoms with Crippen LogP contribution in [0.2, 0.25) is 0 Å². The van der Waals surface area contributed by atoms with Gasteiger partial charge < -0.3 is 5.32 Å². The van der Waals surface area contributed by atoms with Crippen LogP contribution in [0.3, 0.4) is 0 Å². The van der Waals surface area contributed by atoms with Crippen LogP contribution in [0.15, 0.2) is 36.4 Å². The quantitative estimate of drug-likeness (QED) is 0.791. The number of ketones is 1. The average molecular weight is 282 g/mol. The second kappa shape index (κ2) is 7.02. The van der Waals surface area contributed by atoms with Crippen molar-refractivity contribution < 1.29 is 4.79 Å². The van der Waals surface area contributed by atoms with Crippen molar-refractivity contribution in [3.05, 3.63) is 53.2 Å². The van der Waals surface area contributed by atoms with Crippen molar-refractivity contribution in [2.24, 2.45) is 0 Å². The van der Waals surface area contributed by atoms with E-state index in [4.69, 9.17) is 0 Å². The number of Topliss-reactive ketones (excluding diaryl/α,β-unsaturated/α-hetero) is 1. The highest BCUT2D eigenvalue weighted by Crippen LogP contribution is 2.19. The Bertz CT molecular complexity index is 635. The molecule has 1 N–H and O–H groups in total. The van der Waals surface area contributed by atoms with Crippen molar-refractivity contribution in [1.29, 1.82) is 0 Å². The van der Waals surface area contributed by atoms with Crippen molar-refractivity contribution in [1.82, 2.24) is 4.98 Å². The molecule has 0 amide bonds. The number of aromatic nitrogens is 1. The van der Waals surface area contributed by atoms with Gasteiger partial charge in [0.2, 0.25) is 0 Å². The molecule has 2 rings (SSSR count). The van der Waals surface area contributed by atoms with Crippen molar-refractivity contribution >= 4 is 17.3 Å². The van der Waals surface area contributed by atoms with E-state index in [9.17, 15) is 4.79 Å². The van der Waals surface area contributed by atoms with Crippen LogP contribution in [0.1, 0.15) is 48.8 Å². The highest BCUT2D eigenvalue weighted by molar-refractivity contribution is 5.94. The van der Waals surface area contributed by atoms with Gasteiger partial charge in [-0.3, -0.25) is 4.79 Å². The predicted octanol–water partition coefficient (Wildman–Crippen LogP) is 4.54. The Morgan fingerprint density at radius 1 is 1.19 bits per heavy atom. The molecule has 1 aromatic heterocycles. The smallest absolute Gasteiger partial charge is 0.178 e. The van der Waals surface area contributed by atoms with Gasteiger partial charge in [0.1, 0.15) is 11.5 Å². The minimum Gasteiger partial charge on any atom is -0.340 e. The fourth-order valence-corrected chi connectivity index (χ4v) is 2.39. The Labute approximate surface area is 126 Å².